The number of aryl methyl sites for hydroxylation is 2. The number of carbonyl (C=O) groups excluding carboxylic acids is 1. The predicted octanol–water partition coefficient (Wildman–Crippen LogP) is 6.91. The van der Waals surface area contributed by atoms with Crippen LogP contribution in [-0.4, -0.2) is 48.8 Å². The van der Waals surface area contributed by atoms with Gasteiger partial charge in [-0.2, -0.15) is 0 Å². The number of nitrogens with zero attached hydrogens (tertiary/aromatic N) is 6. The molecule has 0 saturated carbocycles. The SMILES string of the molecule is Nc1ccc2c(c1)-c1nncn1CC2.O=C1NCCc2ccc([N+](=O)[O-])cc21.O=P(Cl)(Cl)Cl.O=[N+]([O-])c1ccc2c(c1)C(Cl)=NCC2. The molecule has 3 aliphatic heterocycles. The number of aliphatic imine (C=N–C) groups is 1. The molecule has 4 heterocycles. The quantitative estimate of drug-likeness (QED) is 0.0947. The van der Waals surface area contributed by atoms with E-state index >= 15 is 0 Å². The Morgan fingerprint density at radius 3 is 2.06 bits per heavy atom. The van der Waals surface area contributed by atoms with Crippen molar-refractivity contribution in [3.05, 3.63) is 109 Å². The Labute approximate surface area is 286 Å². The monoisotopic (exact) mass is 740 g/mol. The molecule has 3 aromatic carbocycles. The van der Waals surface area contributed by atoms with Gasteiger partial charge in [0, 0.05) is 66.3 Å². The minimum absolute atomic E-state index is 0.0409. The van der Waals surface area contributed by atoms with Crippen LogP contribution >= 0.6 is 50.5 Å². The van der Waals surface area contributed by atoms with Gasteiger partial charge in [0.2, 0.25) is 0 Å². The number of benzene rings is 3. The van der Waals surface area contributed by atoms with Gasteiger partial charge < -0.3 is 15.6 Å². The number of rotatable bonds is 2. The molecular weight excluding hydrogens is 717 g/mol. The predicted molar refractivity (Wildman–Crippen MR) is 182 cm³/mol. The number of anilines is 1. The summed E-state index contributed by atoms with van der Waals surface area (Å²) in [6.07, 6.45) is 4.32. The van der Waals surface area contributed by atoms with E-state index in [-0.39, 0.29) is 17.3 Å². The zero-order chi connectivity index (χ0) is 34.3. The number of nitrogen functional groups attached to an aromatic ring is 1. The maximum atomic E-state index is 11.3. The first kappa shape index (κ1) is 35.8. The number of nitrogens with two attached hydrogens (primary N) is 1. The van der Waals surface area contributed by atoms with E-state index in [4.69, 9.17) is 17.3 Å². The van der Waals surface area contributed by atoms with Crippen molar-refractivity contribution in [2.24, 2.45) is 4.99 Å². The van der Waals surface area contributed by atoms with Crippen molar-refractivity contribution in [2.45, 2.75) is 25.8 Å². The molecule has 1 aromatic heterocycles. The molecule has 3 N–H and O–H groups in total. The van der Waals surface area contributed by atoms with Crippen LogP contribution in [-0.2, 0) is 30.4 Å². The summed E-state index contributed by atoms with van der Waals surface area (Å²) in [5, 5.41) is 28.8. The molecule has 4 aromatic rings. The van der Waals surface area contributed by atoms with E-state index in [2.05, 4.69) is 64.9 Å². The summed E-state index contributed by atoms with van der Waals surface area (Å²) in [4.78, 5) is 35.4. The summed E-state index contributed by atoms with van der Waals surface area (Å²) in [6.45, 7) is 2.21. The number of non-ortho nitro benzene ring substituents is 2. The van der Waals surface area contributed by atoms with Crippen molar-refractivity contribution in [2.75, 3.05) is 18.8 Å². The fourth-order valence-electron chi connectivity index (χ4n) is 4.85. The molecule has 0 fully saturated rings. The molecule has 7 rings (SSSR count). The van der Waals surface area contributed by atoms with Crippen LogP contribution in [0.5, 0.6) is 0 Å². The highest BCUT2D eigenvalue weighted by atomic mass is 36.0. The Hall–Kier alpha value is -4.07. The average Bonchev–Trinajstić information content (AvgIpc) is 3.51. The highest BCUT2D eigenvalue weighted by molar-refractivity contribution is 8.24. The lowest BCUT2D eigenvalue weighted by Gasteiger charge is -2.16. The van der Waals surface area contributed by atoms with Crippen molar-refractivity contribution in [3.63, 3.8) is 0 Å². The second kappa shape index (κ2) is 15.7. The molecule has 0 radical (unpaired) electrons. The van der Waals surface area contributed by atoms with Crippen molar-refractivity contribution in [1.29, 1.82) is 0 Å². The molecule has 3 aliphatic rings. The summed E-state index contributed by atoms with van der Waals surface area (Å²) in [5.74, 6) is 0.702. The first-order valence-corrected chi connectivity index (χ1v) is 18.5. The number of hydrogen-bond acceptors (Lipinski definition) is 10. The summed E-state index contributed by atoms with van der Waals surface area (Å²) >= 11 is 19.7. The number of nitro groups is 2. The number of carbonyl (C=O) groups is 1. The molecule has 0 unspecified atom stereocenters. The van der Waals surface area contributed by atoms with Gasteiger partial charge in [0.05, 0.1) is 9.85 Å². The van der Waals surface area contributed by atoms with E-state index in [0.717, 1.165) is 54.0 Å². The van der Waals surface area contributed by atoms with Crippen LogP contribution in [0.2, 0.25) is 0 Å². The molecule has 14 nitrogen and oxygen atoms in total. The molecule has 0 aliphatic carbocycles. The Morgan fingerprint density at radius 2 is 1.43 bits per heavy atom. The minimum atomic E-state index is -3.22. The van der Waals surface area contributed by atoms with Crippen molar-refractivity contribution < 1.29 is 19.2 Å². The third-order valence-electron chi connectivity index (χ3n) is 7.00. The van der Waals surface area contributed by atoms with E-state index < -0.39 is 15.0 Å². The number of halogens is 4. The van der Waals surface area contributed by atoms with Crippen LogP contribution in [0.15, 0.2) is 65.9 Å². The van der Waals surface area contributed by atoms with E-state index in [1.165, 1.54) is 29.8 Å². The van der Waals surface area contributed by atoms with Gasteiger partial charge in [0.1, 0.15) is 11.5 Å². The van der Waals surface area contributed by atoms with Gasteiger partial charge >= 0.3 is 5.20 Å². The van der Waals surface area contributed by atoms with Crippen LogP contribution in [0.4, 0.5) is 17.1 Å². The fourth-order valence-corrected chi connectivity index (χ4v) is 5.11. The summed E-state index contributed by atoms with van der Waals surface area (Å²) < 4.78 is 11.6. The highest BCUT2D eigenvalue weighted by Crippen LogP contribution is 2.61. The van der Waals surface area contributed by atoms with Crippen LogP contribution < -0.4 is 11.1 Å². The topological polar surface area (TPSA) is 202 Å². The van der Waals surface area contributed by atoms with Crippen LogP contribution in [0.1, 0.15) is 32.6 Å². The molecule has 0 spiro atoms. The molecule has 0 saturated heterocycles. The number of nitro benzene ring substituents is 2. The molecule has 1 amide bonds. The highest BCUT2D eigenvalue weighted by Gasteiger charge is 2.20. The van der Waals surface area contributed by atoms with Gasteiger partial charge in [-0.15, -0.1) is 10.2 Å². The van der Waals surface area contributed by atoms with Gasteiger partial charge in [-0.05, 0) is 81.8 Å². The van der Waals surface area contributed by atoms with Crippen molar-refractivity contribution >= 4 is 78.7 Å². The summed E-state index contributed by atoms with van der Waals surface area (Å²) in [7, 11) is 0. The molecule has 0 bridgehead atoms. The summed E-state index contributed by atoms with van der Waals surface area (Å²) in [6, 6.07) is 15.1. The third-order valence-corrected chi connectivity index (χ3v) is 7.32. The van der Waals surface area contributed by atoms with Gasteiger partial charge in [0.25, 0.3) is 17.3 Å². The zero-order valence-corrected chi connectivity index (χ0v) is 28.1. The van der Waals surface area contributed by atoms with E-state index in [9.17, 15) is 29.6 Å². The molecular formula is C28H25Cl4N8O6P. The van der Waals surface area contributed by atoms with E-state index in [1.807, 2.05) is 12.1 Å². The average molecular weight is 742 g/mol. The van der Waals surface area contributed by atoms with Crippen LogP contribution in [0, 0.1) is 20.2 Å². The maximum absolute atomic E-state index is 11.3. The molecule has 47 heavy (non-hydrogen) atoms. The van der Waals surface area contributed by atoms with Crippen molar-refractivity contribution in [3.8, 4) is 11.4 Å². The Bertz CT molecular complexity index is 1900. The first-order valence-electron chi connectivity index (χ1n) is 13.7. The standard InChI is InChI=1S/C10H10N4.C9H7ClN2O2.C9H8N2O3.Cl3OP/c11-8-2-1-7-3-4-14-6-12-13-10(14)9(7)5-8;10-9-8-5-7(12(13)14)2-1-6(8)3-4-11-9;12-9-8-5-7(11(13)14)2-1-6(8)3-4-10-9;1-5(2,3)4/h1-2,5-6H,3-4,11H2;1-2,5H,3-4H2;1-2,5H,3-4H2,(H,10,12);. The van der Waals surface area contributed by atoms with Crippen LogP contribution in [0.25, 0.3) is 11.4 Å². The Balaban J connectivity index is 0.000000149. The maximum Gasteiger partial charge on any atom is 0.339 e. The zero-order valence-electron chi connectivity index (χ0n) is 24.2. The van der Waals surface area contributed by atoms with Gasteiger partial charge in [-0.25, -0.2) is 0 Å². The second-order valence-electron chi connectivity index (χ2n) is 10.0. The number of hydrogen-bond donors (Lipinski definition) is 2. The second-order valence-corrected chi connectivity index (χ2v) is 17.0. The lowest BCUT2D eigenvalue weighted by atomic mass is 10.00. The smallest absolute Gasteiger partial charge is 0.339 e. The molecule has 246 valence electrons. The number of aromatic nitrogens is 3. The molecule has 0 atom stereocenters. The first-order chi connectivity index (χ1) is 22.2. The molecule has 19 heteroatoms. The van der Waals surface area contributed by atoms with Crippen molar-refractivity contribution in [1.82, 2.24) is 20.1 Å². The Kier molecular flexibility index (Phi) is 11.9. The van der Waals surface area contributed by atoms with Gasteiger partial charge in [0.15, 0.2) is 5.82 Å². The Morgan fingerprint density at radius 1 is 0.851 bits per heavy atom. The minimum Gasteiger partial charge on any atom is -0.399 e. The van der Waals surface area contributed by atoms with Gasteiger partial charge in [-0.1, -0.05) is 29.8 Å². The van der Waals surface area contributed by atoms with Gasteiger partial charge in [-0.3, -0.25) is 34.6 Å². The lowest BCUT2D eigenvalue weighted by molar-refractivity contribution is -0.385. The lowest BCUT2D eigenvalue weighted by Crippen LogP contribution is -2.31. The number of fused-ring (bicyclic) bond motifs is 5. The van der Waals surface area contributed by atoms with Crippen LogP contribution in [0.3, 0.4) is 0 Å². The van der Waals surface area contributed by atoms with E-state index in [1.54, 1.807) is 18.5 Å². The number of amides is 1. The fraction of sp³-hybridized carbons (Fsp3) is 0.214. The normalized spacial score (nSPS) is 13.9. The number of nitrogens with one attached hydrogen (secondary N) is 1. The third kappa shape index (κ3) is 9.96. The largest absolute Gasteiger partial charge is 0.399 e. The summed E-state index contributed by atoms with van der Waals surface area (Å²) in [5.41, 5.74) is 12.0. The van der Waals surface area contributed by atoms with E-state index in [0.29, 0.717) is 29.4 Å².